The van der Waals surface area contributed by atoms with Gasteiger partial charge >= 0.3 is 0 Å². The van der Waals surface area contributed by atoms with Gasteiger partial charge in [0.25, 0.3) is 0 Å². The molecule has 0 spiro atoms. The number of anilines is 1. The number of hydrogen-bond acceptors (Lipinski definition) is 5. The molecule has 0 atom stereocenters. The molecule has 0 saturated carbocycles. The Labute approximate surface area is 120 Å². The minimum atomic E-state index is -0.826. The van der Waals surface area contributed by atoms with E-state index in [9.17, 15) is 9.90 Å². The van der Waals surface area contributed by atoms with Crippen LogP contribution < -0.4 is 5.32 Å². The molecule has 0 fully saturated rings. The van der Waals surface area contributed by atoms with Crippen LogP contribution in [0.4, 0.5) is 5.88 Å². The van der Waals surface area contributed by atoms with E-state index in [0.29, 0.717) is 19.0 Å². The van der Waals surface area contributed by atoms with Gasteiger partial charge in [-0.1, -0.05) is 25.9 Å². The van der Waals surface area contributed by atoms with E-state index in [-0.39, 0.29) is 18.4 Å². The fourth-order valence-corrected chi connectivity index (χ4v) is 1.83. The maximum atomic E-state index is 11.9. The van der Waals surface area contributed by atoms with Crippen LogP contribution in [0, 0.1) is 0 Å². The molecule has 0 aliphatic rings. The van der Waals surface area contributed by atoms with Crippen molar-refractivity contribution in [2.45, 2.75) is 46.1 Å². The lowest BCUT2D eigenvalue weighted by Gasteiger charge is -2.27. The minimum absolute atomic E-state index is 0.178. The van der Waals surface area contributed by atoms with Gasteiger partial charge in [-0.05, 0) is 26.3 Å². The Morgan fingerprint density at radius 3 is 2.65 bits per heavy atom. The zero-order chi connectivity index (χ0) is 15.3. The Kier molecular flexibility index (Phi) is 5.71. The van der Waals surface area contributed by atoms with Crippen LogP contribution in [0.15, 0.2) is 10.6 Å². The quantitative estimate of drug-likeness (QED) is 0.798. The maximum absolute atomic E-state index is 11.9. The number of carbonyl (C=O) groups is 1. The number of nitrogens with zero attached hydrogens (tertiary/aromatic N) is 2. The Balaban J connectivity index is 2.53. The van der Waals surface area contributed by atoms with E-state index >= 15 is 0 Å². The molecule has 1 aromatic rings. The second kappa shape index (κ2) is 6.85. The highest BCUT2D eigenvalue weighted by Gasteiger charge is 2.19. The lowest BCUT2D eigenvalue weighted by atomic mass is 10.1. The number of hydrogen-bond donors (Lipinski definition) is 2. The molecule has 6 nitrogen and oxygen atoms in total. The average molecular weight is 283 g/mol. The predicted molar refractivity (Wildman–Crippen MR) is 77.6 cm³/mol. The summed E-state index contributed by atoms with van der Waals surface area (Å²) in [5.74, 6) is 0.437. The van der Waals surface area contributed by atoms with E-state index in [1.807, 2.05) is 25.7 Å². The van der Waals surface area contributed by atoms with Gasteiger partial charge in [0, 0.05) is 12.6 Å². The summed E-state index contributed by atoms with van der Waals surface area (Å²) in [4.78, 5) is 13.8. The lowest BCUT2D eigenvalue weighted by molar-refractivity contribution is -0.118. The summed E-state index contributed by atoms with van der Waals surface area (Å²) >= 11 is 0. The molecule has 6 heteroatoms. The fourth-order valence-electron chi connectivity index (χ4n) is 1.83. The summed E-state index contributed by atoms with van der Waals surface area (Å²) in [5, 5.41) is 16.3. The summed E-state index contributed by atoms with van der Waals surface area (Å²) in [6, 6.07) is 1.73. The Morgan fingerprint density at radius 1 is 1.55 bits per heavy atom. The van der Waals surface area contributed by atoms with E-state index in [1.54, 1.807) is 19.9 Å². The molecule has 0 aliphatic heterocycles. The van der Waals surface area contributed by atoms with Gasteiger partial charge in [0.05, 0.1) is 17.8 Å². The predicted octanol–water partition coefficient (Wildman–Crippen LogP) is 1.83. The highest BCUT2D eigenvalue weighted by molar-refractivity contribution is 5.90. The van der Waals surface area contributed by atoms with Crippen molar-refractivity contribution in [1.29, 1.82) is 0 Å². The van der Waals surface area contributed by atoms with Crippen molar-refractivity contribution in [3.8, 4) is 0 Å². The molecule has 2 N–H and O–H groups in total. The Morgan fingerprint density at radius 2 is 2.20 bits per heavy atom. The SMILES string of the molecule is CCN(CC(=O)Nc1cc(C(C)C)no1)CC(C)(C)O. The van der Waals surface area contributed by atoms with Crippen molar-refractivity contribution in [3.05, 3.63) is 11.8 Å². The van der Waals surface area contributed by atoms with Crippen molar-refractivity contribution >= 4 is 11.8 Å². The molecule has 20 heavy (non-hydrogen) atoms. The molecule has 1 rings (SSSR count). The summed E-state index contributed by atoms with van der Waals surface area (Å²) in [5.41, 5.74) is -0.0167. The molecule has 0 saturated heterocycles. The number of aliphatic hydroxyl groups is 1. The van der Waals surface area contributed by atoms with Gasteiger partial charge in [0.15, 0.2) is 0 Å². The number of amides is 1. The Hall–Kier alpha value is -1.40. The van der Waals surface area contributed by atoms with Gasteiger partial charge in [-0.15, -0.1) is 0 Å². The molecule has 0 bridgehead atoms. The van der Waals surface area contributed by atoms with Gasteiger partial charge in [0.2, 0.25) is 11.8 Å². The van der Waals surface area contributed by atoms with Crippen LogP contribution in [0.3, 0.4) is 0 Å². The summed E-state index contributed by atoms with van der Waals surface area (Å²) in [6.07, 6.45) is 0. The number of rotatable bonds is 7. The van der Waals surface area contributed by atoms with E-state index in [0.717, 1.165) is 5.69 Å². The monoisotopic (exact) mass is 283 g/mol. The van der Waals surface area contributed by atoms with Crippen LogP contribution in [-0.2, 0) is 4.79 Å². The van der Waals surface area contributed by atoms with Crippen LogP contribution in [-0.4, -0.2) is 46.3 Å². The first kappa shape index (κ1) is 16.7. The van der Waals surface area contributed by atoms with Gasteiger partial charge in [-0.25, -0.2) is 0 Å². The summed E-state index contributed by atoms with van der Waals surface area (Å²) < 4.78 is 5.06. The number of carbonyl (C=O) groups excluding carboxylic acids is 1. The zero-order valence-electron chi connectivity index (χ0n) is 12.9. The first-order valence-electron chi connectivity index (χ1n) is 6.92. The molecule has 1 aromatic heterocycles. The van der Waals surface area contributed by atoms with Crippen molar-refractivity contribution < 1.29 is 14.4 Å². The second-order valence-electron chi connectivity index (χ2n) is 5.93. The lowest BCUT2D eigenvalue weighted by Crippen LogP contribution is -2.42. The van der Waals surface area contributed by atoms with Gasteiger partial charge < -0.3 is 9.63 Å². The van der Waals surface area contributed by atoms with E-state index in [4.69, 9.17) is 4.52 Å². The van der Waals surface area contributed by atoms with Crippen molar-refractivity contribution in [3.63, 3.8) is 0 Å². The van der Waals surface area contributed by atoms with E-state index < -0.39 is 5.60 Å². The van der Waals surface area contributed by atoms with Crippen LogP contribution in [0.25, 0.3) is 0 Å². The third-order valence-electron chi connectivity index (χ3n) is 2.81. The molecule has 0 radical (unpaired) electrons. The fraction of sp³-hybridized carbons (Fsp3) is 0.714. The number of aromatic nitrogens is 1. The maximum Gasteiger partial charge on any atom is 0.240 e. The van der Waals surface area contributed by atoms with E-state index in [2.05, 4.69) is 10.5 Å². The minimum Gasteiger partial charge on any atom is -0.389 e. The van der Waals surface area contributed by atoms with Crippen LogP contribution in [0.5, 0.6) is 0 Å². The van der Waals surface area contributed by atoms with Crippen LogP contribution in [0.1, 0.15) is 46.2 Å². The summed E-state index contributed by atoms with van der Waals surface area (Å²) in [7, 11) is 0. The molecular formula is C14H25N3O3. The number of nitrogens with one attached hydrogen (secondary N) is 1. The largest absolute Gasteiger partial charge is 0.389 e. The third-order valence-corrected chi connectivity index (χ3v) is 2.81. The van der Waals surface area contributed by atoms with Crippen molar-refractivity contribution in [1.82, 2.24) is 10.1 Å². The Bertz CT molecular complexity index is 435. The van der Waals surface area contributed by atoms with E-state index in [1.165, 1.54) is 0 Å². The molecule has 114 valence electrons. The molecule has 0 unspecified atom stereocenters. The van der Waals surface area contributed by atoms with Crippen LogP contribution >= 0.6 is 0 Å². The molecule has 1 amide bonds. The van der Waals surface area contributed by atoms with Crippen molar-refractivity contribution in [2.24, 2.45) is 0 Å². The summed E-state index contributed by atoms with van der Waals surface area (Å²) in [6.45, 7) is 10.7. The first-order chi connectivity index (χ1) is 9.21. The number of likely N-dealkylation sites (N-methyl/N-ethyl adjacent to an activating group) is 1. The highest BCUT2D eigenvalue weighted by atomic mass is 16.5. The molecule has 1 heterocycles. The van der Waals surface area contributed by atoms with Gasteiger partial charge in [0.1, 0.15) is 0 Å². The van der Waals surface area contributed by atoms with Crippen molar-refractivity contribution in [2.75, 3.05) is 25.0 Å². The van der Waals surface area contributed by atoms with Gasteiger partial charge in [-0.3, -0.25) is 15.0 Å². The molecule has 0 aliphatic carbocycles. The third kappa shape index (κ3) is 5.71. The molecule has 0 aromatic carbocycles. The standard InChI is InChI=1S/C14H25N3O3/c1-6-17(9-14(4,5)19)8-12(18)15-13-7-11(10(2)3)16-20-13/h7,10,19H,6,8-9H2,1-5H3,(H,15,18). The van der Waals surface area contributed by atoms with Crippen LogP contribution in [0.2, 0.25) is 0 Å². The first-order valence-corrected chi connectivity index (χ1v) is 6.92. The van der Waals surface area contributed by atoms with Gasteiger partial charge in [-0.2, -0.15) is 0 Å². The normalized spacial score (nSPS) is 12.2. The topological polar surface area (TPSA) is 78.6 Å². The average Bonchev–Trinajstić information content (AvgIpc) is 2.74. The highest BCUT2D eigenvalue weighted by Crippen LogP contribution is 2.17. The smallest absolute Gasteiger partial charge is 0.240 e. The zero-order valence-corrected chi connectivity index (χ0v) is 12.9. The second-order valence-corrected chi connectivity index (χ2v) is 5.93. The molecular weight excluding hydrogens is 258 g/mol.